The van der Waals surface area contributed by atoms with Crippen molar-refractivity contribution in [2.75, 3.05) is 5.32 Å². The number of carbonyl (C=O) groups excluding carboxylic acids is 2. The van der Waals surface area contributed by atoms with Gasteiger partial charge in [0.25, 0.3) is 5.91 Å². The summed E-state index contributed by atoms with van der Waals surface area (Å²) in [5, 5.41) is 12.9. The second-order valence-electron chi connectivity index (χ2n) is 3.09. The molecule has 0 aliphatic heterocycles. The number of para-hydroxylation sites is 1. The smallest absolute Gasteiger partial charge is 0.328 e. The first-order chi connectivity index (χ1) is 8.49. The van der Waals surface area contributed by atoms with Crippen LogP contribution in [-0.2, 0) is 9.59 Å². The van der Waals surface area contributed by atoms with Crippen molar-refractivity contribution < 1.29 is 19.5 Å². The van der Waals surface area contributed by atoms with E-state index < -0.39 is 17.9 Å². The van der Waals surface area contributed by atoms with Gasteiger partial charge in [0.15, 0.2) is 0 Å². The number of hydrogen-bond donors (Lipinski definition) is 3. The molecule has 0 atom stereocenters. The summed E-state index contributed by atoms with van der Waals surface area (Å²) in [6, 6.07) is 5.67. The van der Waals surface area contributed by atoms with E-state index in [9.17, 15) is 14.4 Å². The summed E-state index contributed by atoms with van der Waals surface area (Å²) in [6.45, 7) is 0. The predicted molar refractivity (Wildman–Crippen MR) is 65.4 cm³/mol. The lowest BCUT2D eigenvalue weighted by molar-refractivity contribution is -0.131. The van der Waals surface area contributed by atoms with E-state index in [4.69, 9.17) is 16.7 Å². The van der Waals surface area contributed by atoms with E-state index in [1.165, 1.54) is 0 Å². The van der Waals surface area contributed by atoms with Gasteiger partial charge in [-0.05, 0) is 12.1 Å². The van der Waals surface area contributed by atoms with E-state index in [2.05, 4.69) is 5.32 Å². The highest BCUT2D eigenvalue weighted by atomic mass is 35.5. The number of urea groups is 1. The molecule has 3 N–H and O–H groups in total. The van der Waals surface area contributed by atoms with Crippen molar-refractivity contribution in [3.05, 3.63) is 41.4 Å². The molecule has 0 aliphatic rings. The van der Waals surface area contributed by atoms with Gasteiger partial charge in [0.2, 0.25) is 0 Å². The maximum Gasteiger partial charge on any atom is 0.328 e. The Morgan fingerprint density at radius 3 is 2.44 bits per heavy atom. The van der Waals surface area contributed by atoms with Crippen LogP contribution in [0.4, 0.5) is 10.5 Å². The molecule has 0 unspecified atom stereocenters. The Kier molecular flexibility index (Phi) is 4.89. The van der Waals surface area contributed by atoms with Crippen molar-refractivity contribution in [3.63, 3.8) is 0 Å². The first-order valence-electron chi connectivity index (χ1n) is 4.76. The molecule has 3 amide bonds. The Morgan fingerprint density at radius 2 is 1.83 bits per heavy atom. The van der Waals surface area contributed by atoms with E-state index in [1.807, 2.05) is 5.32 Å². The van der Waals surface area contributed by atoms with E-state index in [0.717, 1.165) is 6.08 Å². The van der Waals surface area contributed by atoms with Gasteiger partial charge in [-0.1, -0.05) is 23.7 Å². The third kappa shape index (κ3) is 4.67. The Bertz CT molecular complexity index is 514. The SMILES string of the molecule is O=C(O)/C=C/C(=O)NC(=O)Nc1ccccc1Cl. The van der Waals surface area contributed by atoms with Gasteiger partial charge in [0.1, 0.15) is 0 Å². The fourth-order valence-corrected chi connectivity index (χ4v) is 1.20. The number of carboxylic acids is 1. The highest BCUT2D eigenvalue weighted by molar-refractivity contribution is 6.33. The molecule has 0 radical (unpaired) electrons. The van der Waals surface area contributed by atoms with Crippen LogP contribution >= 0.6 is 11.6 Å². The summed E-state index contributed by atoms with van der Waals surface area (Å²) in [5.41, 5.74) is 0.340. The van der Waals surface area contributed by atoms with Crippen LogP contribution in [0, 0.1) is 0 Å². The molecule has 6 nitrogen and oxygen atoms in total. The molecule has 0 fully saturated rings. The quantitative estimate of drug-likeness (QED) is 0.726. The van der Waals surface area contributed by atoms with E-state index in [1.54, 1.807) is 24.3 Å². The number of benzene rings is 1. The maximum atomic E-state index is 11.3. The summed E-state index contributed by atoms with van der Waals surface area (Å²) in [5.74, 6) is -2.13. The molecule has 1 aromatic rings. The van der Waals surface area contributed by atoms with Crippen molar-refractivity contribution in [1.29, 1.82) is 0 Å². The second-order valence-corrected chi connectivity index (χ2v) is 3.50. The zero-order valence-electron chi connectivity index (χ0n) is 9.01. The van der Waals surface area contributed by atoms with Gasteiger partial charge in [0, 0.05) is 12.2 Å². The number of nitrogens with one attached hydrogen (secondary N) is 2. The lowest BCUT2D eigenvalue weighted by Crippen LogP contribution is -2.33. The fourth-order valence-electron chi connectivity index (χ4n) is 1.02. The van der Waals surface area contributed by atoms with Crippen molar-refractivity contribution in [2.24, 2.45) is 0 Å². The average molecular weight is 269 g/mol. The zero-order valence-corrected chi connectivity index (χ0v) is 9.77. The molecule has 0 heterocycles. The minimum Gasteiger partial charge on any atom is -0.478 e. The lowest BCUT2D eigenvalue weighted by Gasteiger charge is -2.06. The van der Waals surface area contributed by atoms with Gasteiger partial charge in [0.05, 0.1) is 10.7 Å². The monoisotopic (exact) mass is 268 g/mol. The summed E-state index contributed by atoms with van der Waals surface area (Å²) < 4.78 is 0. The highest BCUT2D eigenvalue weighted by Gasteiger charge is 2.07. The molecule has 0 saturated carbocycles. The van der Waals surface area contributed by atoms with Crippen LogP contribution in [0.15, 0.2) is 36.4 Å². The fraction of sp³-hybridized carbons (Fsp3) is 0. The van der Waals surface area contributed by atoms with Gasteiger partial charge in [-0.3, -0.25) is 10.1 Å². The number of imide groups is 1. The van der Waals surface area contributed by atoms with Gasteiger partial charge < -0.3 is 10.4 Å². The number of hydrogen-bond acceptors (Lipinski definition) is 3. The molecule has 1 aromatic carbocycles. The van der Waals surface area contributed by atoms with Gasteiger partial charge in [-0.2, -0.15) is 0 Å². The molecule has 18 heavy (non-hydrogen) atoms. The molecule has 1 rings (SSSR count). The van der Waals surface area contributed by atoms with Crippen LogP contribution < -0.4 is 10.6 Å². The van der Waals surface area contributed by atoms with Crippen LogP contribution in [0.3, 0.4) is 0 Å². The Hall–Kier alpha value is -2.34. The number of halogens is 1. The standard InChI is InChI=1S/C11H9ClN2O4/c12-7-3-1-2-4-8(7)13-11(18)14-9(15)5-6-10(16)17/h1-6H,(H,16,17)(H2,13,14,15,18)/b6-5+. The number of rotatable bonds is 3. The normalized spacial score (nSPS) is 10.1. The van der Waals surface area contributed by atoms with Crippen LogP contribution in [0.5, 0.6) is 0 Å². The van der Waals surface area contributed by atoms with Crippen LogP contribution in [0.1, 0.15) is 0 Å². The Labute approximate surface area is 107 Å². The molecular formula is C11H9ClN2O4. The summed E-state index contributed by atoms with van der Waals surface area (Å²) in [4.78, 5) is 32.6. The molecule has 0 saturated heterocycles. The van der Waals surface area contributed by atoms with Crippen LogP contribution in [-0.4, -0.2) is 23.0 Å². The third-order valence-corrected chi connectivity index (χ3v) is 2.07. The summed E-state index contributed by atoms with van der Waals surface area (Å²) >= 11 is 5.79. The first kappa shape index (κ1) is 13.7. The highest BCUT2D eigenvalue weighted by Crippen LogP contribution is 2.19. The van der Waals surface area contributed by atoms with E-state index >= 15 is 0 Å². The maximum absolute atomic E-state index is 11.3. The topological polar surface area (TPSA) is 95.5 Å². The summed E-state index contributed by atoms with van der Waals surface area (Å²) in [6.07, 6.45) is 1.35. The van der Waals surface area contributed by atoms with Crippen molar-refractivity contribution in [2.45, 2.75) is 0 Å². The Balaban J connectivity index is 2.55. The molecular weight excluding hydrogens is 260 g/mol. The predicted octanol–water partition coefficient (Wildman–Crippen LogP) is 1.63. The minimum atomic E-state index is -1.28. The molecule has 94 valence electrons. The molecule has 0 bridgehead atoms. The van der Waals surface area contributed by atoms with Crippen molar-refractivity contribution >= 4 is 35.2 Å². The van der Waals surface area contributed by atoms with Gasteiger partial charge >= 0.3 is 12.0 Å². The molecule has 0 aromatic heterocycles. The number of carbonyl (C=O) groups is 3. The van der Waals surface area contributed by atoms with Gasteiger partial charge in [-0.15, -0.1) is 0 Å². The molecule has 7 heteroatoms. The van der Waals surface area contributed by atoms with Crippen LogP contribution in [0.25, 0.3) is 0 Å². The van der Waals surface area contributed by atoms with Crippen molar-refractivity contribution in [1.82, 2.24) is 5.32 Å². The van der Waals surface area contributed by atoms with Crippen LogP contribution in [0.2, 0.25) is 5.02 Å². The first-order valence-corrected chi connectivity index (χ1v) is 5.14. The Morgan fingerprint density at radius 1 is 1.17 bits per heavy atom. The minimum absolute atomic E-state index is 0.321. The van der Waals surface area contributed by atoms with Gasteiger partial charge in [-0.25, -0.2) is 9.59 Å². The zero-order chi connectivity index (χ0) is 13.5. The molecule has 0 spiro atoms. The van der Waals surface area contributed by atoms with Crippen molar-refractivity contribution in [3.8, 4) is 0 Å². The summed E-state index contributed by atoms with van der Waals surface area (Å²) in [7, 11) is 0. The lowest BCUT2D eigenvalue weighted by atomic mass is 10.3. The number of amides is 3. The van der Waals surface area contributed by atoms with E-state index in [-0.39, 0.29) is 0 Å². The molecule has 0 aliphatic carbocycles. The van der Waals surface area contributed by atoms with E-state index in [0.29, 0.717) is 16.8 Å². The number of carboxylic acid groups (broad SMARTS) is 1. The second kappa shape index (κ2) is 6.41. The average Bonchev–Trinajstić information content (AvgIpc) is 2.29. The largest absolute Gasteiger partial charge is 0.478 e. The number of aliphatic carboxylic acids is 1. The third-order valence-electron chi connectivity index (χ3n) is 1.74. The number of anilines is 1.